The molecular formula is C30H52O2. The van der Waals surface area contributed by atoms with E-state index in [1.807, 2.05) is 0 Å². The Morgan fingerprint density at radius 3 is 1.41 bits per heavy atom. The Bertz CT molecular complexity index is 592. The van der Waals surface area contributed by atoms with E-state index in [4.69, 9.17) is 9.47 Å². The van der Waals surface area contributed by atoms with E-state index in [9.17, 15) is 0 Å². The zero-order valence-corrected chi connectivity index (χ0v) is 22.7. The van der Waals surface area contributed by atoms with Gasteiger partial charge in [-0.25, -0.2) is 0 Å². The first-order chi connectivity index (χ1) is 15.1. The van der Waals surface area contributed by atoms with Crippen LogP contribution in [0.4, 0.5) is 0 Å². The summed E-state index contributed by atoms with van der Waals surface area (Å²) in [6.07, 6.45) is 18.8. The summed E-state index contributed by atoms with van der Waals surface area (Å²) in [5.74, 6) is 0.570. The third-order valence-corrected chi connectivity index (χ3v) is 5.42. The topological polar surface area (TPSA) is 18.5 Å². The lowest BCUT2D eigenvalue weighted by Crippen LogP contribution is -2.21. The molecule has 1 atom stereocenters. The number of ether oxygens (including phenoxy) is 2. The summed E-state index contributed by atoms with van der Waals surface area (Å²) in [6.45, 7) is 20.9. The second-order valence-electron chi connectivity index (χ2n) is 10.0. The first-order valence-electron chi connectivity index (χ1n) is 12.5. The summed E-state index contributed by atoms with van der Waals surface area (Å²) in [4.78, 5) is 0. The van der Waals surface area contributed by atoms with Crippen molar-refractivity contribution in [3.05, 3.63) is 58.2 Å². The molecule has 0 amide bonds. The summed E-state index contributed by atoms with van der Waals surface area (Å²) >= 11 is 0. The van der Waals surface area contributed by atoms with Crippen LogP contribution in [0.5, 0.6) is 0 Å². The molecule has 0 radical (unpaired) electrons. The molecular weight excluding hydrogens is 392 g/mol. The Hall–Kier alpha value is -1.38. The van der Waals surface area contributed by atoms with Gasteiger partial charge in [-0.05, 0) is 99.8 Å². The van der Waals surface area contributed by atoms with Crippen molar-refractivity contribution in [2.75, 3.05) is 13.2 Å². The van der Waals surface area contributed by atoms with Crippen LogP contribution in [0.3, 0.4) is 0 Å². The molecule has 0 rings (SSSR count). The van der Waals surface area contributed by atoms with Crippen molar-refractivity contribution in [3.63, 3.8) is 0 Å². The van der Waals surface area contributed by atoms with Crippen molar-refractivity contribution < 1.29 is 9.47 Å². The number of rotatable bonds is 17. The van der Waals surface area contributed by atoms with Crippen molar-refractivity contribution in [2.45, 2.75) is 114 Å². The van der Waals surface area contributed by atoms with Crippen LogP contribution < -0.4 is 0 Å². The van der Waals surface area contributed by atoms with Gasteiger partial charge in [0.15, 0.2) is 6.29 Å². The van der Waals surface area contributed by atoms with Gasteiger partial charge in [-0.1, -0.05) is 65.2 Å². The summed E-state index contributed by atoms with van der Waals surface area (Å²) in [5.41, 5.74) is 6.92. The van der Waals surface area contributed by atoms with Gasteiger partial charge >= 0.3 is 0 Å². The van der Waals surface area contributed by atoms with Gasteiger partial charge in [0.05, 0.1) is 13.2 Å². The molecule has 0 N–H and O–H groups in total. The van der Waals surface area contributed by atoms with Crippen LogP contribution in [0.25, 0.3) is 0 Å². The van der Waals surface area contributed by atoms with Crippen LogP contribution in [0.15, 0.2) is 58.2 Å². The molecule has 0 aliphatic rings. The fourth-order valence-electron chi connectivity index (χ4n) is 3.26. The van der Waals surface area contributed by atoms with Crippen molar-refractivity contribution in [2.24, 2.45) is 5.92 Å². The summed E-state index contributed by atoms with van der Waals surface area (Å²) in [7, 11) is 0. The van der Waals surface area contributed by atoms with Crippen molar-refractivity contribution >= 4 is 0 Å². The summed E-state index contributed by atoms with van der Waals surface area (Å²) < 4.78 is 12.3. The molecule has 0 aromatic carbocycles. The Balaban J connectivity index is 4.72. The fourth-order valence-corrected chi connectivity index (χ4v) is 3.26. The quantitative estimate of drug-likeness (QED) is 0.164. The van der Waals surface area contributed by atoms with E-state index in [0.717, 1.165) is 38.5 Å². The van der Waals surface area contributed by atoms with E-state index >= 15 is 0 Å². The third kappa shape index (κ3) is 20.5. The zero-order chi connectivity index (χ0) is 24.4. The minimum Gasteiger partial charge on any atom is -0.349 e. The molecule has 0 bridgehead atoms. The highest BCUT2D eigenvalue weighted by molar-refractivity contribution is 5.03. The standard InChI is InChI=1S/C30H52O2/c1-24(2)13-10-16-27(7)19-21-31-30(23-29(9)18-12-15-26(5)6)32-22-20-28(8)17-11-14-25(3)4/h13-15,19-20,29-30H,10-12,16-18,21-23H2,1-9H3/b27-19+,28-20+/t29-/m1/s1. The average Bonchev–Trinajstić information content (AvgIpc) is 2.66. The molecule has 0 aromatic heterocycles. The highest BCUT2D eigenvalue weighted by atomic mass is 16.7. The lowest BCUT2D eigenvalue weighted by Gasteiger charge is -2.21. The summed E-state index contributed by atoms with van der Waals surface area (Å²) in [6, 6.07) is 0. The Labute approximate surface area is 200 Å². The van der Waals surface area contributed by atoms with Gasteiger partial charge in [0, 0.05) is 6.42 Å². The Morgan fingerprint density at radius 2 is 1.00 bits per heavy atom. The monoisotopic (exact) mass is 444 g/mol. The molecule has 2 nitrogen and oxygen atoms in total. The maximum atomic E-state index is 6.16. The number of hydrogen-bond donors (Lipinski definition) is 0. The third-order valence-electron chi connectivity index (χ3n) is 5.42. The first-order valence-corrected chi connectivity index (χ1v) is 12.5. The molecule has 0 aliphatic heterocycles. The van der Waals surface area contributed by atoms with Crippen LogP contribution in [0.2, 0.25) is 0 Å². The van der Waals surface area contributed by atoms with Gasteiger partial charge in [0.1, 0.15) is 0 Å². The van der Waals surface area contributed by atoms with Crippen molar-refractivity contribution in [1.82, 2.24) is 0 Å². The van der Waals surface area contributed by atoms with Crippen molar-refractivity contribution in [3.8, 4) is 0 Å². The van der Waals surface area contributed by atoms with E-state index in [0.29, 0.717) is 19.1 Å². The van der Waals surface area contributed by atoms with Gasteiger partial charge in [-0.2, -0.15) is 0 Å². The first kappa shape index (κ1) is 30.6. The van der Waals surface area contributed by atoms with E-state index < -0.39 is 0 Å². The normalized spacial score (nSPS) is 14.0. The number of hydrogen-bond acceptors (Lipinski definition) is 2. The maximum Gasteiger partial charge on any atom is 0.158 e. The van der Waals surface area contributed by atoms with Gasteiger partial charge in [-0.3, -0.25) is 0 Å². The van der Waals surface area contributed by atoms with E-state index in [-0.39, 0.29) is 6.29 Å². The molecule has 0 saturated heterocycles. The molecule has 0 aliphatic carbocycles. The van der Waals surface area contributed by atoms with Gasteiger partial charge in [0.25, 0.3) is 0 Å². The second kappa shape index (κ2) is 19.1. The zero-order valence-electron chi connectivity index (χ0n) is 22.7. The second-order valence-corrected chi connectivity index (χ2v) is 10.0. The van der Waals surface area contributed by atoms with Crippen LogP contribution in [0.1, 0.15) is 107 Å². The Morgan fingerprint density at radius 1 is 0.594 bits per heavy atom. The minimum absolute atomic E-state index is 0.152. The average molecular weight is 445 g/mol. The smallest absolute Gasteiger partial charge is 0.158 e. The van der Waals surface area contributed by atoms with Crippen LogP contribution >= 0.6 is 0 Å². The van der Waals surface area contributed by atoms with E-state index in [2.05, 4.69) is 92.7 Å². The summed E-state index contributed by atoms with van der Waals surface area (Å²) in [5, 5.41) is 0. The molecule has 2 heteroatoms. The molecule has 0 spiro atoms. The minimum atomic E-state index is -0.152. The Kier molecular flexibility index (Phi) is 18.3. The molecule has 184 valence electrons. The molecule has 0 saturated carbocycles. The predicted octanol–water partition coefficient (Wildman–Crippen LogP) is 9.50. The largest absolute Gasteiger partial charge is 0.349 e. The van der Waals surface area contributed by atoms with Crippen LogP contribution in [0, 0.1) is 5.92 Å². The van der Waals surface area contributed by atoms with E-state index in [1.165, 1.54) is 34.3 Å². The van der Waals surface area contributed by atoms with E-state index in [1.54, 1.807) is 0 Å². The SMILES string of the molecule is CC(C)=CCC/C(C)=C/COC(C[C@H](C)CCC=C(C)C)OC/C=C(\C)CCC=C(C)C. The van der Waals surface area contributed by atoms with Crippen LogP contribution in [-0.2, 0) is 9.47 Å². The maximum absolute atomic E-state index is 6.16. The molecule has 0 fully saturated rings. The van der Waals surface area contributed by atoms with Gasteiger partial charge in [0.2, 0.25) is 0 Å². The molecule has 32 heavy (non-hydrogen) atoms. The van der Waals surface area contributed by atoms with Gasteiger partial charge in [-0.15, -0.1) is 0 Å². The highest BCUT2D eigenvalue weighted by Crippen LogP contribution is 2.18. The predicted molar refractivity (Wildman–Crippen MR) is 143 cm³/mol. The lowest BCUT2D eigenvalue weighted by molar-refractivity contribution is -0.137. The molecule has 0 heterocycles. The molecule has 0 aromatic rings. The van der Waals surface area contributed by atoms with Gasteiger partial charge < -0.3 is 9.47 Å². The van der Waals surface area contributed by atoms with Crippen LogP contribution in [-0.4, -0.2) is 19.5 Å². The lowest BCUT2D eigenvalue weighted by atomic mass is 10.0. The molecule has 0 unspecified atom stereocenters. The number of allylic oxidation sites excluding steroid dienone is 8. The highest BCUT2D eigenvalue weighted by Gasteiger charge is 2.13. The van der Waals surface area contributed by atoms with Crippen molar-refractivity contribution in [1.29, 1.82) is 0 Å². The fraction of sp³-hybridized carbons (Fsp3) is 0.667.